The van der Waals surface area contributed by atoms with Gasteiger partial charge in [0.1, 0.15) is 5.69 Å². The van der Waals surface area contributed by atoms with E-state index in [4.69, 9.17) is 5.11 Å². The van der Waals surface area contributed by atoms with Crippen molar-refractivity contribution in [2.75, 3.05) is 6.54 Å². The minimum atomic E-state index is -0.839. The smallest absolute Gasteiger partial charge is 0.303 e. The Hall–Kier alpha value is -2.11. The van der Waals surface area contributed by atoms with Gasteiger partial charge >= 0.3 is 5.97 Å². The van der Waals surface area contributed by atoms with Gasteiger partial charge in [-0.1, -0.05) is 6.92 Å². The predicted octanol–water partition coefficient (Wildman–Crippen LogP) is 1.45. The summed E-state index contributed by atoms with van der Waals surface area (Å²) in [7, 11) is 0. The summed E-state index contributed by atoms with van der Waals surface area (Å²) in [5.41, 5.74) is 0.791. The number of nitrogens with one attached hydrogen (secondary N) is 2. The number of aliphatic carboxylic acids is 1. The van der Waals surface area contributed by atoms with Crippen LogP contribution in [0.25, 0.3) is 0 Å². The Labute approximate surface area is 111 Å². The van der Waals surface area contributed by atoms with E-state index in [1.807, 2.05) is 6.92 Å². The normalized spacial score (nSPS) is 11.9. The van der Waals surface area contributed by atoms with E-state index in [9.17, 15) is 14.4 Å². The topological polar surface area (TPSA) is 99.3 Å². The molecule has 6 nitrogen and oxygen atoms in total. The van der Waals surface area contributed by atoms with Crippen molar-refractivity contribution in [2.24, 2.45) is 5.92 Å². The summed E-state index contributed by atoms with van der Waals surface area (Å²) in [5, 5.41) is 11.2. The summed E-state index contributed by atoms with van der Waals surface area (Å²) in [5.74, 6) is -1.16. The van der Waals surface area contributed by atoms with Gasteiger partial charge in [0.2, 0.25) is 0 Å². The van der Waals surface area contributed by atoms with Crippen molar-refractivity contribution in [2.45, 2.75) is 26.7 Å². The first kappa shape index (κ1) is 14.9. The standard InChI is InChI=1S/C13H18N2O4/c1-8(3-4-12(17)18)6-15-13(19)11-5-10(7-14-11)9(2)16/h5,7-8,14H,3-4,6H2,1-2H3,(H,15,19)(H,17,18). The van der Waals surface area contributed by atoms with E-state index >= 15 is 0 Å². The van der Waals surface area contributed by atoms with Crippen LogP contribution < -0.4 is 5.32 Å². The van der Waals surface area contributed by atoms with E-state index in [1.54, 1.807) is 0 Å². The fourth-order valence-electron chi connectivity index (χ4n) is 1.56. The van der Waals surface area contributed by atoms with Crippen LogP contribution in [0.4, 0.5) is 0 Å². The third-order valence-corrected chi connectivity index (χ3v) is 2.80. The molecule has 1 aromatic heterocycles. The number of carbonyl (C=O) groups is 3. The number of carboxylic acids is 1. The average molecular weight is 266 g/mol. The molecule has 6 heteroatoms. The number of amides is 1. The number of carbonyl (C=O) groups excluding carboxylic acids is 2. The summed E-state index contributed by atoms with van der Waals surface area (Å²) in [4.78, 5) is 36.0. The number of ketones is 1. The Kier molecular flexibility index (Phi) is 5.29. The SMILES string of the molecule is CC(=O)c1c[nH]c(C(=O)NCC(C)CCC(=O)O)c1. The molecule has 0 aliphatic heterocycles. The number of hydrogen-bond donors (Lipinski definition) is 3. The van der Waals surface area contributed by atoms with Crippen LogP contribution in [-0.2, 0) is 4.79 Å². The molecule has 3 N–H and O–H groups in total. The number of carboxylic acid groups (broad SMARTS) is 1. The zero-order valence-corrected chi connectivity index (χ0v) is 11.0. The summed E-state index contributed by atoms with van der Waals surface area (Å²) in [6.45, 7) is 3.71. The Morgan fingerprint density at radius 2 is 2.11 bits per heavy atom. The molecule has 0 aliphatic carbocycles. The zero-order chi connectivity index (χ0) is 14.4. The lowest BCUT2D eigenvalue weighted by molar-refractivity contribution is -0.137. The fourth-order valence-corrected chi connectivity index (χ4v) is 1.56. The van der Waals surface area contributed by atoms with Crippen molar-refractivity contribution in [3.8, 4) is 0 Å². The monoisotopic (exact) mass is 266 g/mol. The van der Waals surface area contributed by atoms with Gasteiger partial charge in [-0.3, -0.25) is 14.4 Å². The molecule has 104 valence electrons. The maximum Gasteiger partial charge on any atom is 0.303 e. The highest BCUT2D eigenvalue weighted by molar-refractivity contribution is 5.99. The Morgan fingerprint density at radius 3 is 2.63 bits per heavy atom. The molecule has 1 unspecified atom stereocenters. The van der Waals surface area contributed by atoms with Gasteiger partial charge in [0, 0.05) is 24.7 Å². The van der Waals surface area contributed by atoms with Crippen LogP contribution in [-0.4, -0.2) is 34.3 Å². The molecule has 1 atom stereocenters. The van der Waals surface area contributed by atoms with Crippen molar-refractivity contribution >= 4 is 17.7 Å². The van der Waals surface area contributed by atoms with E-state index in [-0.39, 0.29) is 24.0 Å². The molecule has 0 radical (unpaired) electrons. The molecule has 1 rings (SSSR count). The molecular weight excluding hydrogens is 248 g/mol. The minimum absolute atomic E-state index is 0.0855. The molecule has 0 spiro atoms. The maximum atomic E-state index is 11.8. The minimum Gasteiger partial charge on any atom is -0.481 e. The second-order valence-electron chi connectivity index (χ2n) is 4.61. The molecule has 1 heterocycles. The van der Waals surface area contributed by atoms with E-state index in [0.29, 0.717) is 24.2 Å². The van der Waals surface area contributed by atoms with E-state index in [0.717, 1.165) is 0 Å². The lowest BCUT2D eigenvalue weighted by Gasteiger charge is -2.10. The third kappa shape index (κ3) is 4.95. The quantitative estimate of drug-likeness (QED) is 0.650. The van der Waals surface area contributed by atoms with Crippen LogP contribution in [0.15, 0.2) is 12.3 Å². The molecule has 1 amide bonds. The summed E-state index contributed by atoms with van der Waals surface area (Å²) < 4.78 is 0. The number of hydrogen-bond acceptors (Lipinski definition) is 3. The molecule has 0 saturated carbocycles. The predicted molar refractivity (Wildman–Crippen MR) is 69.2 cm³/mol. The Bertz CT molecular complexity index is 479. The average Bonchev–Trinajstić information content (AvgIpc) is 2.83. The van der Waals surface area contributed by atoms with Crippen LogP contribution in [0.2, 0.25) is 0 Å². The van der Waals surface area contributed by atoms with Crippen molar-refractivity contribution in [1.82, 2.24) is 10.3 Å². The van der Waals surface area contributed by atoms with Crippen molar-refractivity contribution in [1.29, 1.82) is 0 Å². The highest BCUT2D eigenvalue weighted by Crippen LogP contribution is 2.06. The molecule has 1 aromatic rings. The van der Waals surface area contributed by atoms with E-state index < -0.39 is 5.97 Å². The van der Waals surface area contributed by atoms with Crippen LogP contribution >= 0.6 is 0 Å². The number of aromatic amines is 1. The molecule has 0 bridgehead atoms. The van der Waals surface area contributed by atoms with Gasteiger partial charge in [0.15, 0.2) is 5.78 Å². The van der Waals surface area contributed by atoms with Crippen molar-refractivity contribution < 1.29 is 19.5 Å². The van der Waals surface area contributed by atoms with Crippen LogP contribution in [0, 0.1) is 5.92 Å². The zero-order valence-electron chi connectivity index (χ0n) is 11.0. The van der Waals surface area contributed by atoms with E-state index in [2.05, 4.69) is 10.3 Å². The molecule has 0 fully saturated rings. The van der Waals surface area contributed by atoms with Crippen LogP contribution in [0.5, 0.6) is 0 Å². The summed E-state index contributed by atoms with van der Waals surface area (Å²) in [6.07, 6.45) is 2.10. The van der Waals surface area contributed by atoms with Gasteiger partial charge in [-0.25, -0.2) is 0 Å². The van der Waals surface area contributed by atoms with E-state index in [1.165, 1.54) is 19.2 Å². The second kappa shape index (κ2) is 6.72. The van der Waals surface area contributed by atoms with Crippen LogP contribution in [0.1, 0.15) is 47.5 Å². The lowest BCUT2D eigenvalue weighted by Crippen LogP contribution is -2.28. The van der Waals surface area contributed by atoms with Gasteiger partial charge in [0.05, 0.1) is 0 Å². The highest BCUT2D eigenvalue weighted by Gasteiger charge is 2.12. The highest BCUT2D eigenvalue weighted by atomic mass is 16.4. The first-order valence-electron chi connectivity index (χ1n) is 6.09. The van der Waals surface area contributed by atoms with Gasteiger partial charge in [-0.15, -0.1) is 0 Å². The molecule has 0 aromatic carbocycles. The molecular formula is C13H18N2O4. The van der Waals surface area contributed by atoms with Crippen LogP contribution in [0.3, 0.4) is 0 Å². The number of Topliss-reactive ketones (excluding diaryl/α,β-unsaturated/α-hetero) is 1. The van der Waals surface area contributed by atoms with Crippen molar-refractivity contribution in [3.63, 3.8) is 0 Å². The summed E-state index contributed by atoms with van der Waals surface area (Å²) >= 11 is 0. The van der Waals surface area contributed by atoms with Gasteiger partial charge in [-0.05, 0) is 25.3 Å². The molecule has 19 heavy (non-hydrogen) atoms. The number of aromatic nitrogens is 1. The third-order valence-electron chi connectivity index (χ3n) is 2.80. The fraction of sp³-hybridized carbons (Fsp3) is 0.462. The summed E-state index contributed by atoms with van der Waals surface area (Å²) in [6, 6.07) is 1.50. The van der Waals surface area contributed by atoms with Crippen molar-refractivity contribution in [3.05, 3.63) is 23.5 Å². The maximum absolute atomic E-state index is 11.8. The van der Waals surface area contributed by atoms with Gasteiger partial charge < -0.3 is 15.4 Å². The second-order valence-corrected chi connectivity index (χ2v) is 4.61. The Morgan fingerprint density at radius 1 is 1.42 bits per heavy atom. The number of H-pyrrole nitrogens is 1. The van der Waals surface area contributed by atoms with Gasteiger partial charge in [-0.2, -0.15) is 0 Å². The first-order chi connectivity index (χ1) is 8.90. The Balaban J connectivity index is 2.42. The number of rotatable bonds is 7. The first-order valence-corrected chi connectivity index (χ1v) is 6.09. The molecule has 0 saturated heterocycles. The largest absolute Gasteiger partial charge is 0.481 e. The molecule has 0 aliphatic rings. The van der Waals surface area contributed by atoms with Gasteiger partial charge in [0.25, 0.3) is 5.91 Å². The lowest BCUT2D eigenvalue weighted by atomic mass is 10.1.